The topological polar surface area (TPSA) is 63.2 Å². The number of hydrogen-bond acceptors (Lipinski definition) is 4. The smallest absolute Gasteiger partial charge is 0.241 e. The van der Waals surface area contributed by atoms with E-state index in [0.29, 0.717) is 12.2 Å². The van der Waals surface area contributed by atoms with Gasteiger partial charge in [0.15, 0.2) is 0 Å². The maximum Gasteiger partial charge on any atom is 0.241 e. The predicted molar refractivity (Wildman–Crippen MR) is 70.3 cm³/mol. The van der Waals surface area contributed by atoms with Crippen LogP contribution in [-0.2, 0) is 14.8 Å². The van der Waals surface area contributed by atoms with Crippen LogP contribution < -0.4 is 4.72 Å². The van der Waals surface area contributed by atoms with Crippen molar-refractivity contribution in [2.24, 2.45) is 0 Å². The van der Waals surface area contributed by atoms with Crippen molar-refractivity contribution in [2.45, 2.75) is 17.4 Å². The summed E-state index contributed by atoms with van der Waals surface area (Å²) < 4.78 is 27.2. The molecule has 1 aromatic rings. The van der Waals surface area contributed by atoms with Crippen LogP contribution in [0.2, 0.25) is 0 Å². The Morgan fingerprint density at radius 3 is 2.47 bits per heavy atom. The van der Waals surface area contributed by atoms with Crippen molar-refractivity contribution >= 4 is 42.8 Å². The molecule has 7 heteroatoms. The fraction of sp³-hybridized carbons (Fsp3) is 0.300. The van der Waals surface area contributed by atoms with E-state index < -0.39 is 16.1 Å². The van der Waals surface area contributed by atoms with Crippen LogP contribution in [0.1, 0.15) is 6.42 Å². The van der Waals surface area contributed by atoms with E-state index in [1.54, 1.807) is 12.1 Å². The van der Waals surface area contributed by atoms with E-state index in [-0.39, 0.29) is 10.0 Å². The minimum Gasteiger partial charge on any atom is -0.285 e. The Bertz CT molecular complexity index is 527. The predicted octanol–water partition coefficient (Wildman–Crippen LogP) is 1.76. The summed E-state index contributed by atoms with van der Waals surface area (Å²) in [7, 11) is -3.60. The zero-order chi connectivity index (χ0) is 12.5. The van der Waals surface area contributed by atoms with E-state index in [1.807, 2.05) is 0 Å². The van der Waals surface area contributed by atoms with Crippen molar-refractivity contribution in [1.82, 2.24) is 4.72 Å². The second-order valence-electron chi connectivity index (χ2n) is 3.58. The molecule has 0 aliphatic carbocycles. The second kappa shape index (κ2) is 5.09. The van der Waals surface area contributed by atoms with E-state index in [9.17, 15) is 13.2 Å². The fourth-order valence-corrected chi connectivity index (χ4v) is 3.97. The molecule has 0 amide bonds. The first kappa shape index (κ1) is 13.1. The van der Waals surface area contributed by atoms with Gasteiger partial charge >= 0.3 is 0 Å². The van der Waals surface area contributed by atoms with Crippen LogP contribution in [0.15, 0.2) is 33.6 Å². The molecule has 4 nitrogen and oxygen atoms in total. The molecule has 1 fully saturated rings. The van der Waals surface area contributed by atoms with Gasteiger partial charge in [-0.3, -0.25) is 4.79 Å². The number of carbonyl (C=O) groups is 1. The molecule has 0 aromatic heterocycles. The van der Waals surface area contributed by atoms with Gasteiger partial charge in [-0.1, -0.05) is 27.7 Å². The lowest BCUT2D eigenvalue weighted by Crippen LogP contribution is -2.37. The Morgan fingerprint density at radius 2 is 1.94 bits per heavy atom. The van der Waals surface area contributed by atoms with E-state index >= 15 is 0 Å². The number of nitrogens with one attached hydrogen (secondary N) is 1. The number of sulfonamides is 1. The van der Waals surface area contributed by atoms with E-state index in [1.165, 1.54) is 23.9 Å². The van der Waals surface area contributed by atoms with Crippen molar-refractivity contribution in [3.8, 4) is 0 Å². The molecule has 0 unspecified atom stereocenters. The van der Waals surface area contributed by atoms with Gasteiger partial charge in [-0.05, 0) is 30.7 Å². The molecule has 1 atom stereocenters. The van der Waals surface area contributed by atoms with Gasteiger partial charge in [-0.15, -0.1) is 0 Å². The summed E-state index contributed by atoms with van der Waals surface area (Å²) in [4.78, 5) is 11.5. The molecule has 1 aromatic carbocycles. The van der Waals surface area contributed by atoms with Crippen molar-refractivity contribution in [3.63, 3.8) is 0 Å². The zero-order valence-corrected chi connectivity index (χ0v) is 11.9. The highest BCUT2D eigenvalue weighted by Gasteiger charge is 2.29. The molecule has 1 aliphatic heterocycles. The lowest BCUT2D eigenvalue weighted by molar-refractivity contribution is -0.111. The lowest BCUT2D eigenvalue weighted by Gasteiger charge is -2.10. The Balaban J connectivity index is 2.19. The molecule has 92 valence electrons. The third-order valence-corrected chi connectivity index (χ3v) is 5.38. The average molecular weight is 336 g/mol. The fourth-order valence-electron chi connectivity index (χ4n) is 1.47. The van der Waals surface area contributed by atoms with Gasteiger partial charge < -0.3 is 0 Å². The minimum absolute atomic E-state index is 0.106. The standard InChI is InChI=1S/C10H10BrNO3S2/c11-7-1-3-8(4-2-7)17(14,15)12-9-5-6-16-10(9)13/h1-4,9,12H,5-6H2/t9-/m0/s1. The van der Waals surface area contributed by atoms with Crippen LogP contribution in [-0.4, -0.2) is 25.3 Å². The number of carbonyl (C=O) groups excluding carboxylic acids is 1. The third-order valence-electron chi connectivity index (χ3n) is 2.36. The second-order valence-corrected chi connectivity index (χ2v) is 7.31. The summed E-state index contributed by atoms with van der Waals surface area (Å²) in [6.07, 6.45) is 0.555. The third kappa shape index (κ3) is 3.09. The molecule has 1 heterocycles. The first-order chi connectivity index (χ1) is 7.99. The summed E-state index contributed by atoms with van der Waals surface area (Å²) in [6, 6.07) is 5.71. The van der Waals surface area contributed by atoms with Crippen molar-refractivity contribution in [3.05, 3.63) is 28.7 Å². The molecular formula is C10H10BrNO3S2. The lowest BCUT2D eigenvalue weighted by atomic mass is 10.3. The largest absolute Gasteiger partial charge is 0.285 e. The van der Waals surface area contributed by atoms with Gasteiger partial charge in [0, 0.05) is 10.2 Å². The monoisotopic (exact) mass is 335 g/mol. The Kier molecular flexibility index (Phi) is 3.92. The molecule has 1 N–H and O–H groups in total. The number of rotatable bonds is 3. The van der Waals surface area contributed by atoms with Gasteiger partial charge in [0.25, 0.3) is 0 Å². The SMILES string of the molecule is O=C1SCC[C@@H]1NS(=O)(=O)c1ccc(Br)cc1. The molecule has 0 radical (unpaired) electrons. The summed E-state index contributed by atoms with van der Waals surface area (Å²) in [5, 5.41) is -0.106. The van der Waals surface area contributed by atoms with E-state index in [2.05, 4.69) is 20.7 Å². The van der Waals surface area contributed by atoms with Crippen LogP contribution >= 0.6 is 27.7 Å². The maximum absolute atomic E-state index is 12.0. The Morgan fingerprint density at radius 1 is 1.29 bits per heavy atom. The van der Waals surface area contributed by atoms with Gasteiger partial charge in [0.2, 0.25) is 15.1 Å². The van der Waals surface area contributed by atoms with Gasteiger partial charge in [0.1, 0.15) is 0 Å². The summed E-state index contributed by atoms with van der Waals surface area (Å²) in [6.45, 7) is 0. The van der Waals surface area contributed by atoms with Gasteiger partial charge in [-0.25, -0.2) is 8.42 Å². The number of thioether (sulfide) groups is 1. The number of benzene rings is 1. The minimum atomic E-state index is -3.60. The molecule has 0 saturated carbocycles. The van der Waals surface area contributed by atoms with Gasteiger partial charge in [-0.2, -0.15) is 4.72 Å². The van der Waals surface area contributed by atoms with E-state index in [0.717, 1.165) is 4.47 Å². The van der Waals surface area contributed by atoms with Crippen LogP contribution in [0.4, 0.5) is 0 Å². The number of hydrogen-bond donors (Lipinski definition) is 1. The molecular weight excluding hydrogens is 326 g/mol. The quantitative estimate of drug-likeness (QED) is 0.914. The van der Waals surface area contributed by atoms with Crippen molar-refractivity contribution < 1.29 is 13.2 Å². The van der Waals surface area contributed by atoms with Crippen molar-refractivity contribution in [1.29, 1.82) is 0 Å². The highest BCUT2D eigenvalue weighted by Crippen LogP contribution is 2.22. The highest BCUT2D eigenvalue weighted by molar-refractivity contribution is 9.10. The molecule has 1 saturated heterocycles. The molecule has 0 spiro atoms. The van der Waals surface area contributed by atoms with Crippen molar-refractivity contribution in [2.75, 3.05) is 5.75 Å². The molecule has 17 heavy (non-hydrogen) atoms. The molecule has 2 rings (SSSR count). The summed E-state index contributed by atoms with van der Waals surface area (Å²) in [5.74, 6) is 0.673. The zero-order valence-electron chi connectivity index (χ0n) is 8.72. The van der Waals surface area contributed by atoms with Crippen LogP contribution in [0.25, 0.3) is 0 Å². The van der Waals surface area contributed by atoms with Crippen LogP contribution in [0, 0.1) is 0 Å². The van der Waals surface area contributed by atoms with Crippen LogP contribution in [0.5, 0.6) is 0 Å². The molecule has 1 aliphatic rings. The highest BCUT2D eigenvalue weighted by atomic mass is 79.9. The first-order valence-corrected chi connectivity index (χ1v) is 8.20. The maximum atomic E-state index is 12.0. The van der Waals surface area contributed by atoms with Crippen LogP contribution in [0.3, 0.4) is 0 Å². The Hall–Kier alpha value is -0.370. The molecule has 0 bridgehead atoms. The average Bonchev–Trinajstić information content (AvgIpc) is 2.64. The Labute approximate surface area is 112 Å². The normalized spacial score (nSPS) is 20.8. The first-order valence-electron chi connectivity index (χ1n) is 4.93. The van der Waals surface area contributed by atoms with E-state index in [4.69, 9.17) is 0 Å². The summed E-state index contributed by atoms with van der Waals surface area (Å²) in [5.41, 5.74) is 0. The summed E-state index contributed by atoms with van der Waals surface area (Å²) >= 11 is 4.41. The number of halogens is 1. The van der Waals surface area contributed by atoms with Gasteiger partial charge in [0.05, 0.1) is 10.9 Å².